The van der Waals surface area contributed by atoms with Crippen LogP contribution in [0.5, 0.6) is 0 Å². The number of rotatable bonds is 2. The number of aliphatic hydroxyl groups is 3. The molecule has 0 unspecified atom stereocenters. The highest BCUT2D eigenvalue weighted by Gasteiger charge is 2.47. The molecule has 3 heterocycles. The minimum absolute atomic E-state index is 0.257. The number of nitrogens with zero attached hydrogens (tertiary/aromatic N) is 4. The van der Waals surface area contributed by atoms with Gasteiger partial charge < -0.3 is 20.1 Å². The van der Waals surface area contributed by atoms with Gasteiger partial charge in [0.2, 0.25) is 12.6 Å². The maximum absolute atomic E-state index is 12.3. The minimum atomic E-state index is -1.30. The van der Waals surface area contributed by atoms with Gasteiger partial charge in [-0.1, -0.05) is 0 Å². The van der Waals surface area contributed by atoms with Crippen LogP contribution in [-0.4, -0.2) is 53.9 Å². The highest BCUT2D eigenvalue weighted by molar-refractivity contribution is 5.66. The number of aliphatic hydroxyl groups excluding tert-OH is 3. The van der Waals surface area contributed by atoms with E-state index in [1.54, 1.807) is 7.05 Å². The molecule has 0 amide bonds. The largest absolute Gasteiger partial charge is 0.394 e. The first-order chi connectivity index (χ1) is 10.8. The number of aryl methyl sites for hydroxylation is 2. The van der Waals surface area contributed by atoms with Crippen LogP contribution >= 0.6 is 0 Å². The Morgan fingerprint density at radius 3 is 2.43 bits per heavy atom. The van der Waals surface area contributed by atoms with Gasteiger partial charge in [-0.2, -0.15) is 4.57 Å². The zero-order chi connectivity index (χ0) is 17.0. The molecule has 10 nitrogen and oxygen atoms in total. The SMILES string of the molecule is Cn1c(=O)c2c(n([C@@H]3O[C@H](CO)[C@@H](O)[C@H]3O)c[n+]2C)n(C)c1=O. The van der Waals surface area contributed by atoms with Crippen LogP contribution in [0.2, 0.25) is 0 Å². The molecule has 1 fully saturated rings. The molecule has 1 aliphatic rings. The van der Waals surface area contributed by atoms with Crippen molar-refractivity contribution in [3.63, 3.8) is 0 Å². The van der Waals surface area contributed by atoms with E-state index in [4.69, 9.17) is 4.74 Å². The van der Waals surface area contributed by atoms with E-state index in [1.807, 2.05) is 0 Å². The smallest absolute Gasteiger partial charge is 0.333 e. The van der Waals surface area contributed by atoms with Gasteiger partial charge in [0.25, 0.3) is 11.2 Å². The average molecular weight is 327 g/mol. The maximum Gasteiger partial charge on any atom is 0.333 e. The second-order valence-electron chi connectivity index (χ2n) is 5.74. The van der Waals surface area contributed by atoms with Crippen molar-refractivity contribution in [2.24, 2.45) is 21.1 Å². The monoisotopic (exact) mass is 327 g/mol. The fraction of sp³-hybridized carbons (Fsp3) is 0.615. The summed E-state index contributed by atoms with van der Waals surface area (Å²) in [6.07, 6.45) is -3.03. The molecule has 2 aromatic heterocycles. The van der Waals surface area contributed by atoms with E-state index in [1.165, 1.54) is 34.1 Å². The van der Waals surface area contributed by atoms with Crippen LogP contribution in [0.25, 0.3) is 11.2 Å². The Labute approximate surface area is 130 Å². The average Bonchev–Trinajstić information content (AvgIpc) is 3.01. The molecule has 1 saturated heterocycles. The second kappa shape index (κ2) is 5.27. The minimum Gasteiger partial charge on any atom is -0.394 e. The summed E-state index contributed by atoms with van der Waals surface area (Å²) in [6.45, 7) is -0.458. The first-order valence-corrected chi connectivity index (χ1v) is 7.08. The second-order valence-corrected chi connectivity index (χ2v) is 5.74. The summed E-state index contributed by atoms with van der Waals surface area (Å²) in [5.41, 5.74) is -0.479. The van der Waals surface area contributed by atoms with Crippen molar-refractivity contribution >= 4 is 11.2 Å². The van der Waals surface area contributed by atoms with Crippen LogP contribution < -0.4 is 15.8 Å². The molecule has 0 radical (unpaired) electrons. The van der Waals surface area contributed by atoms with Gasteiger partial charge in [-0.15, -0.1) is 0 Å². The number of ether oxygens (including phenoxy) is 1. The molecule has 0 spiro atoms. The van der Waals surface area contributed by atoms with Gasteiger partial charge in [0, 0.05) is 14.1 Å². The Kier molecular flexibility index (Phi) is 3.64. The normalized spacial score (nSPS) is 27.9. The topological polar surface area (TPSA) is 123 Å². The first kappa shape index (κ1) is 15.9. The quantitative estimate of drug-likeness (QED) is 0.491. The van der Waals surface area contributed by atoms with E-state index in [0.717, 1.165) is 4.57 Å². The van der Waals surface area contributed by atoms with Crippen LogP contribution in [0.3, 0.4) is 0 Å². The Morgan fingerprint density at radius 2 is 1.87 bits per heavy atom. The molecular weight excluding hydrogens is 308 g/mol. The summed E-state index contributed by atoms with van der Waals surface area (Å²) >= 11 is 0. The number of hydrogen-bond acceptors (Lipinski definition) is 6. The Balaban J connectivity index is 2.29. The molecule has 1 aliphatic heterocycles. The lowest BCUT2D eigenvalue weighted by molar-refractivity contribution is -0.646. The van der Waals surface area contributed by atoms with Crippen molar-refractivity contribution in [2.75, 3.05) is 6.61 Å². The van der Waals surface area contributed by atoms with Crippen molar-refractivity contribution < 1.29 is 24.6 Å². The van der Waals surface area contributed by atoms with E-state index in [0.29, 0.717) is 0 Å². The predicted molar refractivity (Wildman–Crippen MR) is 76.6 cm³/mol. The summed E-state index contributed by atoms with van der Waals surface area (Å²) in [7, 11) is 4.52. The number of imidazole rings is 1. The van der Waals surface area contributed by atoms with E-state index >= 15 is 0 Å². The Morgan fingerprint density at radius 1 is 1.22 bits per heavy atom. The van der Waals surface area contributed by atoms with E-state index in [9.17, 15) is 24.9 Å². The van der Waals surface area contributed by atoms with E-state index in [-0.39, 0.29) is 11.2 Å². The predicted octanol–water partition coefficient (Wildman–Crippen LogP) is -3.53. The molecule has 23 heavy (non-hydrogen) atoms. The fourth-order valence-electron chi connectivity index (χ4n) is 3.01. The van der Waals surface area contributed by atoms with Crippen LogP contribution in [0.15, 0.2) is 15.9 Å². The molecule has 0 saturated carbocycles. The standard InChI is InChI=1S/C13H19N4O6/c1-14-5-17(12-9(20)8(19)6(4-18)23-12)10-7(14)11(21)16(3)13(22)15(10)2/h5-6,8-9,12,18-20H,4H2,1-3H3/q+1/t6-,8-,9-,12-/m1/s1. The third kappa shape index (κ3) is 2.06. The van der Waals surface area contributed by atoms with E-state index in [2.05, 4.69) is 0 Å². The fourth-order valence-corrected chi connectivity index (χ4v) is 3.01. The molecule has 0 bridgehead atoms. The highest BCUT2D eigenvalue weighted by atomic mass is 16.6. The van der Waals surface area contributed by atoms with Crippen molar-refractivity contribution in [1.29, 1.82) is 0 Å². The van der Waals surface area contributed by atoms with Gasteiger partial charge in [-0.05, 0) is 0 Å². The van der Waals surface area contributed by atoms with Gasteiger partial charge in [0.05, 0.1) is 13.7 Å². The van der Waals surface area contributed by atoms with Crippen LogP contribution in [0, 0.1) is 0 Å². The molecule has 126 valence electrons. The lowest BCUT2D eigenvalue weighted by atomic mass is 10.1. The lowest BCUT2D eigenvalue weighted by Gasteiger charge is -2.12. The maximum atomic E-state index is 12.3. The summed E-state index contributed by atoms with van der Waals surface area (Å²) in [6, 6.07) is 0. The number of aromatic nitrogens is 4. The summed E-state index contributed by atoms with van der Waals surface area (Å²) in [5, 5.41) is 29.3. The van der Waals surface area contributed by atoms with Gasteiger partial charge in [-0.3, -0.25) is 13.9 Å². The molecule has 0 aromatic carbocycles. The van der Waals surface area contributed by atoms with Gasteiger partial charge >= 0.3 is 11.2 Å². The molecule has 3 rings (SSSR count). The van der Waals surface area contributed by atoms with Crippen molar-refractivity contribution in [3.8, 4) is 0 Å². The molecule has 4 atom stereocenters. The van der Waals surface area contributed by atoms with Gasteiger partial charge in [0.15, 0.2) is 0 Å². The summed E-state index contributed by atoms with van der Waals surface area (Å²) in [5.74, 6) is 0. The third-order valence-electron chi connectivity index (χ3n) is 4.30. The number of fused-ring (bicyclic) bond motifs is 1. The van der Waals surface area contributed by atoms with E-state index < -0.39 is 42.4 Å². The summed E-state index contributed by atoms with van der Waals surface area (Å²) < 4.78 is 10.7. The van der Waals surface area contributed by atoms with Gasteiger partial charge in [-0.25, -0.2) is 9.36 Å². The van der Waals surface area contributed by atoms with Crippen molar-refractivity contribution in [2.45, 2.75) is 24.5 Å². The molecule has 2 aromatic rings. The zero-order valence-corrected chi connectivity index (χ0v) is 12.9. The first-order valence-electron chi connectivity index (χ1n) is 7.08. The van der Waals surface area contributed by atoms with Gasteiger partial charge in [0.1, 0.15) is 18.3 Å². The molecule has 10 heteroatoms. The molecular formula is C13H19N4O6+. The Bertz CT molecular complexity index is 881. The van der Waals surface area contributed by atoms with Crippen molar-refractivity contribution in [1.82, 2.24) is 13.7 Å². The van der Waals surface area contributed by atoms with Crippen molar-refractivity contribution in [3.05, 3.63) is 27.2 Å². The highest BCUT2D eigenvalue weighted by Crippen LogP contribution is 2.30. The number of hydrogen-bond donors (Lipinski definition) is 3. The Hall–Kier alpha value is -2.01. The summed E-state index contributed by atoms with van der Waals surface area (Å²) in [4.78, 5) is 24.5. The molecule has 3 N–H and O–H groups in total. The third-order valence-corrected chi connectivity index (χ3v) is 4.30. The van der Waals surface area contributed by atoms with Crippen LogP contribution in [-0.2, 0) is 25.9 Å². The zero-order valence-electron chi connectivity index (χ0n) is 12.9. The lowest BCUT2D eigenvalue weighted by Crippen LogP contribution is -2.41. The van der Waals surface area contributed by atoms with Crippen LogP contribution in [0.1, 0.15) is 6.23 Å². The van der Waals surface area contributed by atoms with Crippen LogP contribution in [0.4, 0.5) is 0 Å². The molecule has 0 aliphatic carbocycles.